The van der Waals surface area contributed by atoms with Crippen LogP contribution in [-0.4, -0.2) is 24.2 Å². The third-order valence-corrected chi connectivity index (χ3v) is 3.15. The van der Waals surface area contributed by atoms with E-state index < -0.39 is 0 Å². The van der Waals surface area contributed by atoms with E-state index in [-0.39, 0.29) is 0 Å². The minimum atomic E-state index is 0.335. The normalized spacial score (nSPS) is 15.5. The summed E-state index contributed by atoms with van der Waals surface area (Å²) in [4.78, 5) is 2.44. The monoisotopic (exact) mass is 234 g/mol. The zero-order valence-corrected chi connectivity index (χ0v) is 10.8. The molecule has 17 heavy (non-hydrogen) atoms. The highest BCUT2D eigenvalue weighted by atomic mass is 16.5. The van der Waals surface area contributed by atoms with Crippen LogP contribution in [0.2, 0.25) is 0 Å². The molecule has 0 bridgehead atoms. The molecule has 0 fully saturated rings. The van der Waals surface area contributed by atoms with Gasteiger partial charge in [0.25, 0.3) is 0 Å². The molecule has 0 atom stereocenters. The highest BCUT2D eigenvalue weighted by molar-refractivity contribution is 5.52. The van der Waals surface area contributed by atoms with E-state index in [0.29, 0.717) is 6.10 Å². The molecule has 0 saturated heterocycles. The lowest BCUT2D eigenvalue weighted by atomic mass is 10.1. The molecule has 0 saturated carbocycles. The van der Waals surface area contributed by atoms with E-state index in [2.05, 4.69) is 24.8 Å². The Morgan fingerprint density at radius 1 is 1.35 bits per heavy atom. The number of anilines is 1. The molecule has 1 aromatic carbocycles. The molecular weight excluding hydrogens is 212 g/mol. The molecule has 0 spiro atoms. The highest BCUT2D eigenvalue weighted by Crippen LogP contribution is 2.27. The molecule has 0 aliphatic carbocycles. The van der Waals surface area contributed by atoms with E-state index in [1.54, 1.807) is 0 Å². The summed E-state index contributed by atoms with van der Waals surface area (Å²) in [5.74, 6) is 0. The van der Waals surface area contributed by atoms with E-state index >= 15 is 0 Å². The van der Waals surface area contributed by atoms with Gasteiger partial charge in [-0.05, 0) is 37.5 Å². The largest absolute Gasteiger partial charge is 0.398 e. The van der Waals surface area contributed by atoms with Crippen molar-refractivity contribution in [3.63, 3.8) is 0 Å². The Bertz CT molecular complexity index is 376. The standard InChI is InChI=1S/C14H22N2O/c1-11(2)17-8-4-7-16-9-12-5-3-6-14(15)13(12)10-16/h3,5-6,11H,4,7-10,15H2,1-2H3. The zero-order chi connectivity index (χ0) is 12.3. The predicted octanol–water partition coefficient (Wildman–Crippen LogP) is 2.40. The number of hydrogen-bond donors (Lipinski definition) is 1. The molecular formula is C14H22N2O. The van der Waals surface area contributed by atoms with Crippen LogP contribution in [0.25, 0.3) is 0 Å². The molecule has 1 aliphatic heterocycles. The Hall–Kier alpha value is -1.06. The summed E-state index contributed by atoms with van der Waals surface area (Å²) in [5, 5.41) is 0. The molecule has 2 rings (SSSR count). The Labute approximate surface area is 104 Å². The van der Waals surface area contributed by atoms with E-state index in [0.717, 1.165) is 38.3 Å². The number of benzene rings is 1. The van der Waals surface area contributed by atoms with Crippen LogP contribution in [0.4, 0.5) is 5.69 Å². The van der Waals surface area contributed by atoms with Crippen molar-refractivity contribution in [2.75, 3.05) is 18.9 Å². The molecule has 0 amide bonds. The fourth-order valence-corrected chi connectivity index (χ4v) is 2.28. The first-order chi connectivity index (χ1) is 8.16. The average molecular weight is 234 g/mol. The van der Waals surface area contributed by atoms with Crippen LogP contribution in [-0.2, 0) is 17.8 Å². The van der Waals surface area contributed by atoms with Gasteiger partial charge < -0.3 is 10.5 Å². The van der Waals surface area contributed by atoms with Crippen LogP contribution >= 0.6 is 0 Å². The summed E-state index contributed by atoms with van der Waals surface area (Å²) in [6.45, 7) is 8.10. The molecule has 2 N–H and O–H groups in total. The van der Waals surface area contributed by atoms with Crippen molar-refractivity contribution in [2.24, 2.45) is 0 Å². The van der Waals surface area contributed by atoms with Gasteiger partial charge in [0, 0.05) is 31.9 Å². The molecule has 3 heteroatoms. The number of nitrogen functional groups attached to an aromatic ring is 1. The lowest BCUT2D eigenvalue weighted by Crippen LogP contribution is -2.19. The van der Waals surface area contributed by atoms with Gasteiger partial charge in [0.2, 0.25) is 0 Å². The van der Waals surface area contributed by atoms with E-state index in [1.165, 1.54) is 11.1 Å². The molecule has 1 heterocycles. The van der Waals surface area contributed by atoms with Gasteiger partial charge in [0.15, 0.2) is 0 Å². The molecule has 0 aromatic heterocycles. The highest BCUT2D eigenvalue weighted by Gasteiger charge is 2.19. The summed E-state index contributed by atoms with van der Waals surface area (Å²) >= 11 is 0. The lowest BCUT2D eigenvalue weighted by molar-refractivity contribution is 0.0703. The third-order valence-electron chi connectivity index (χ3n) is 3.15. The third kappa shape index (κ3) is 3.20. The van der Waals surface area contributed by atoms with Crippen LogP contribution in [0.3, 0.4) is 0 Å². The number of nitrogens with two attached hydrogens (primary N) is 1. The number of nitrogens with zero attached hydrogens (tertiary/aromatic N) is 1. The second-order valence-electron chi connectivity index (χ2n) is 4.97. The fourth-order valence-electron chi connectivity index (χ4n) is 2.28. The summed E-state index contributed by atoms with van der Waals surface area (Å²) in [6.07, 6.45) is 1.42. The topological polar surface area (TPSA) is 38.5 Å². The van der Waals surface area contributed by atoms with Gasteiger partial charge in [0.1, 0.15) is 0 Å². The van der Waals surface area contributed by atoms with Gasteiger partial charge >= 0.3 is 0 Å². The van der Waals surface area contributed by atoms with E-state index in [9.17, 15) is 0 Å². The summed E-state index contributed by atoms with van der Waals surface area (Å²) < 4.78 is 5.55. The van der Waals surface area contributed by atoms with Crippen molar-refractivity contribution in [3.8, 4) is 0 Å². The predicted molar refractivity (Wildman–Crippen MR) is 70.7 cm³/mol. The lowest BCUT2D eigenvalue weighted by Gasteiger charge is -2.15. The van der Waals surface area contributed by atoms with Crippen molar-refractivity contribution < 1.29 is 4.74 Å². The molecule has 0 unspecified atom stereocenters. The van der Waals surface area contributed by atoms with Crippen molar-refractivity contribution in [1.82, 2.24) is 4.90 Å². The SMILES string of the molecule is CC(C)OCCCN1Cc2cccc(N)c2C1. The van der Waals surface area contributed by atoms with Crippen LogP contribution in [0.5, 0.6) is 0 Å². The minimum absolute atomic E-state index is 0.335. The van der Waals surface area contributed by atoms with E-state index in [1.807, 2.05) is 12.1 Å². The first kappa shape index (κ1) is 12.4. The number of hydrogen-bond acceptors (Lipinski definition) is 3. The van der Waals surface area contributed by atoms with Crippen LogP contribution in [0.15, 0.2) is 18.2 Å². The molecule has 0 radical (unpaired) electrons. The van der Waals surface area contributed by atoms with Gasteiger partial charge in [-0.3, -0.25) is 4.90 Å². The average Bonchev–Trinajstić information content (AvgIpc) is 2.69. The fraction of sp³-hybridized carbons (Fsp3) is 0.571. The first-order valence-corrected chi connectivity index (χ1v) is 6.37. The second kappa shape index (κ2) is 5.52. The number of ether oxygens (including phenoxy) is 1. The summed E-state index contributed by atoms with van der Waals surface area (Å²) in [6, 6.07) is 6.21. The smallest absolute Gasteiger partial charge is 0.0518 e. The van der Waals surface area contributed by atoms with Crippen molar-refractivity contribution >= 4 is 5.69 Å². The van der Waals surface area contributed by atoms with Crippen LogP contribution in [0, 0.1) is 0 Å². The number of rotatable bonds is 5. The maximum absolute atomic E-state index is 5.98. The van der Waals surface area contributed by atoms with Gasteiger partial charge in [-0.2, -0.15) is 0 Å². The first-order valence-electron chi connectivity index (χ1n) is 6.37. The quantitative estimate of drug-likeness (QED) is 0.628. The van der Waals surface area contributed by atoms with Gasteiger partial charge in [-0.15, -0.1) is 0 Å². The van der Waals surface area contributed by atoms with Crippen molar-refractivity contribution in [1.29, 1.82) is 0 Å². The molecule has 3 nitrogen and oxygen atoms in total. The Kier molecular flexibility index (Phi) is 4.02. The zero-order valence-electron chi connectivity index (χ0n) is 10.8. The number of fused-ring (bicyclic) bond motifs is 1. The van der Waals surface area contributed by atoms with Gasteiger partial charge in [-0.1, -0.05) is 12.1 Å². The van der Waals surface area contributed by atoms with Gasteiger partial charge in [0.05, 0.1) is 6.10 Å². The maximum atomic E-state index is 5.98. The molecule has 1 aromatic rings. The summed E-state index contributed by atoms with van der Waals surface area (Å²) in [5.41, 5.74) is 9.61. The Morgan fingerprint density at radius 2 is 2.18 bits per heavy atom. The summed E-state index contributed by atoms with van der Waals surface area (Å²) in [7, 11) is 0. The molecule has 94 valence electrons. The second-order valence-corrected chi connectivity index (χ2v) is 4.97. The van der Waals surface area contributed by atoms with Crippen LogP contribution in [0.1, 0.15) is 31.4 Å². The van der Waals surface area contributed by atoms with Crippen molar-refractivity contribution in [3.05, 3.63) is 29.3 Å². The molecule has 1 aliphatic rings. The maximum Gasteiger partial charge on any atom is 0.0518 e. The Morgan fingerprint density at radius 3 is 2.88 bits per heavy atom. The Balaban J connectivity index is 1.78. The minimum Gasteiger partial charge on any atom is -0.398 e. The van der Waals surface area contributed by atoms with Crippen LogP contribution < -0.4 is 5.73 Å². The van der Waals surface area contributed by atoms with Gasteiger partial charge in [-0.25, -0.2) is 0 Å². The van der Waals surface area contributed by atoms with Crippen molar-refractivity contribution in [2.45, 2.75) is 39.5 Å². The van der Waals surface area contributed by atoms with E-state index in [4.69, 9.17) is 10.5 Å².